The Morgan fingerprint density at radius 3 is 1.86 bits per heavy atom. The molecule has 0 radical (unpaired) electrons. The number of benzene rings is 1. The third-order valence-electron chi connectivity index (χ3n) is 2.42. The summed E-state index contributed by atoms with van der Waals surface area (Å²) in [7, 11) is 0. The molecule has 0 atom stereocenters. The fraction of sp³-hybridized carbons (Fsp3) is 0.222. The summed E-state index contributed by atoms with van der Waals surface area (Å²) < 4.78 is 0. The first kappa shape index (κ1) is 21.7. The Bertz CT molecular complexity index is 472. The predicted octanol–water partition coefficient (Wildman–Crippen LogP) is 4.19. The van der Waals surface area contributed by atoms with Crippen molar-refractivity contribution in [3.05, 3.63) is 67.3 Å². The van der Waals surface area contributed by atoms with Crippen LogP contribution in [-0.2, 0) is 16.0 Å². The molecule has 0 spiro atoms. The van der Waals surface area contributed by atoms with Crippen LogP contribution >= 0.6 is 0 Å². The molecule has 0 aliphatic carbocycles. The molecule has 0 heterocycles. The van der Waals surface area contributed by atoms with Crippen molar-refractivity contribution in [2.45, 2.75) is 26.2 Å². The van der Waals surface area contributed by atoms with E-state index in [4.69, 9.17) is 10.2 Å². The van der Waals surface area contributed by atoms with Crippen molar-refractivity contribution in [1.82, 2.24) is 0 Å². The van der Waals surface area contributed by atoms with E-state index in [0.717, 1.165) is 12.2 Å². The number of rotatable bonds is 6. The zero-order valence-electron chi connectivity index (χ0n) is 13.0. The van der Waals surface area contributed by atoms with Crippen molar-refractivity contribution in [2.75, 3.05) is 0 Å². The van der Waals surface area contributed by atoms with Crippen LogP contribution in [0.3, 0.4) is 0 Å². The minimum Gasteiger partial charge on any atom is -0.478 e. The van der Waals surface area contributed by atoms with Gasteiger partial charge in [0.05, 0.1) is 0 Å². The van der Waals surface area contributed by atoms with E-state index in [-0.39, 0.29) is 0 Å². The first-order valence-electron chi connectivity index (χ1n) is 6.83. The van der Waals surface area contributed by atoms with Gasteiger partial charge in [-0.05, 0) is 24.0 Å². The number of hydrogen-bond donors (Lipinski definition) is 2. The fourth-order valence-corrected chi connectivity index (χ4v) is 1.33. The second kappa shape index (κ2) is 14.8. The molecule has 120 valence electrons. The summed E-state index contributed by atoms with van der Waals surface area (Å²) in [5.41, 5.74) is 2.71. The van der Waals surface area contributed by atoms with Crippen LogP contribution in [0.25, 0.3) is 6.08 Å². The van der Waals surface area contributed by atoms with Crippen molar-refractivity contribution in [3.63, 3.8) is 0 Å². The quantitative estimate of drug-likeness (QED) is 0.773. The van der Waals surface area contributed by atoms with Crippen LogP contribution in [0.15, 0.2) is 56.2 Å². The van der Waals surface area contributed by atoms with E-state index in [1.165, 1.54) is 30.4 Å². The van der Waals surface area contributed by atoms with E-state index in [9.17, 15) is 9.59 Å². The molecule has 4 nitrogen and oxygen atoms in total. The molecule has 0 bridgehead atoms. The summed E-state index contributed by atoms with van der Waals surface area (Å²) in [6.45, 7) is 11.9. The van der Waals surface area contributed by atoms with Crippen LogP contribution in [0, 0.1) is 0 Å². The minimum atomic E-state index is -0.981. The number of aliphatic carboxylic acids is 2. The van der Waals surface area contributed by atoms with Gasteiger partial charge < -0.3 is 10.2 Å². The van der Waals surface area contributed by atoms with Crippen molar-refractivity contribution < 1.29 is 19.8 Å². The molecule has 0 saturated carbocycles. The smallest absolute Gasteiger partial charge is 0.327 e. The highest BCUT2D eigenvalue weighted by Gasteiger charge is 1.95. The number of carbonyl (C=O) groups is 2. The van der Waals surface area contributed by atoms with Crippen molar-refractivity contribution in [3.8, 4) is 0 Å². The molecule has 0 saturated heterocycles. The summed E-state index contributed by atoms with van der Waals surface area (Å²) >= 11 is 0. The normalized spacial score (nSPS) is 8.23. The topological polar surface area (TPSA) is 74.6 Å². The summed E-state index contributed by atoms with van der Waals surface area (Å²) in [6, 6.07) is 8.47. The van der Waals surface area contributed by atoms with E-state index in [2.05, 4.69) is 50.9 Å². The lowest BCUT2D eigenvalue weighted by Crippen LogP contribution is -1.87. The minimum absolute atomic E-state index is 0.833. The van der Waals surface area contributed by atoms with Gasteiger partial charge in [-0.1, -0.05) is 63.4 Å². The van der Waals surface area contributed by atoms with Crippen LogP contribution < -0.4 is 0 Å². The van der Waals surface area contributed by atoms with Gasteiger partial charge in [0.2, 0.25) is 0 Å². The fourth-order valence-electron chi connectivity index (χ4n) is 1.33. The molecule has 1 rings (SSSR count). The molecule has 2 N–H and O–H groups in total. The summed E-state index contributed by atoms with van der Waals surface area (Å²) in [5.74, 6) is -1.96. The molecule has 1 aromatic rings. The molecule has 22 heavy (non-hydrogen) atoms. The van der Waals surface area contributed by atoms with E-state index in [0.29, 0.717) is 0 Å². The SMILES string of the molecule is C=CC(=O)O.C=CC(=O)O.C=Cc1ccccc1CCCC. The van der Waals surface area contributed by atoms with Gasteiger partial charge in [0.15, 0.2) is 0 Å². The van der Waals surface area contributed by atoms with E-state index in [1.807, 2.05) is 6.08 Å². The van der Waals surface area contributed by atoms with Gasteiger partial charge in [0, 0.05) is 12.2 Å². The van der Waals surface area contributed by atoms with Gasteiger partial charge >= 0.3 is 11.9 Å². The Labute approximate surface area is 132 Å². The van der Waals surface area contributed by atoms with E-state index < -0.39 is 11.9 Å². The Hall–Kier alpha value is -2.62. The van der Waals surface area contributed by atoms with Crippen molar-refractivity contribution in [1.29, 1.82) is 0 Å². The molecule has 0 aromatic heterocycles. The summed E-state index contributed by atoms with van der Waals surface area (Å²) in [4.78, 5) is 18.5. The third kappa shape index (κ3) is 13.8. The molecule has 0 unspecified atom stereocenters. The molecule has 0 aliphatic rings. The maximum Gasteiger partial charge on any atom is 0.327 e. The van der Waals surface area contributed by atoms with Crippen LogP contribution in [0.2, 0.25) is 0 Å². The third-order valence-corrected chi connectivity index (χ3v) is 2.42. The van der Waals surface area contributed by atoms with Gasteiger partial charge in [0.25, 0.3) is 0 Å². The van der Waals surface area contributed by atoms with Crippen LogP contribution in [0.5, 0.6) is 0 Å². The Morgan fingerprint density at radius 2 is 1.50 bits per heavy atom. The highest BCUT2D eigenvalue weighted by Crippen LogP contribution is 2.12. The van der Waals surface area contributed by atoms with Gasteiger partial charge in [-0.3, -0.25) is 0 Å². The van der Waals surface area contributed by atoms with E-state index in [1.54, 1.807) is 0 Å². The Morgan fingerprint density at radius 1 is 1.05 bits per heavy atom. The second-order valence-electron chi connectivity index (χ2n) is 4.09. The van der Waals surface area contributed by atoms with Crippen molar-refractivity contribution in [2.24, 2.45) is 0 Å². The van der Waals surface area contributed by atoms with Gasteiger partial charge in [-0.15, -0.1) is 0 Å². The Kier molecular flexibility index (Phi) is 14.6. The second-order valence-corrected chi connectivity index (χ2v) is 4.09. The Balaban J connectivity index is 0. The lowest BCUT2D eigenvalue weighted by Gasteiger charge is -2.03. The number of carboxylic acid groups (broad SMARTS) is 2. The predicted molar refractivity (Wildman–Crippen MR) is 90.8 cm³/mol. The maximum atomic E-state index is 9.25. The lowest BCUT2D eigenvalue weighted by molar-refractivity contribution is -0.132. The van der Waals surface area contributed by atoms with Crippen LogP contribution in [0.1, 0.15) is 30.9 Å². The first-order chi connectivity index (χ1) is 10.4. The number of aryl methyl sites for hydroxylation is 1. The average Bonchev–Trinajstić information content (AvgIpc) is 2.54. The molecule has 0 fully saturated rings. The number of carboxylic acids is 2. The molecule has 0 aliphatic heterocycles. The average molecular weight is 304 g/mol. The number of unbranched alkanes of at least 4 members (excludes halogenated alkanes) is 1. The highest BCUT2D eigenvalue weighted by atomic mass is 16.4. The zero-order valence-corrected chi connectivity index (χ0v) is 13.0. The van der Waals surface area contributed by atoms with E-state index >= 15 is 0 Å². The van der Waals surface area contributed by atoms with Crippen LogP contribution in [0.4, 0.5) is 0 Å². The summed E-state index contributed by atoms with van der Waals surface area (Å²) in [6.07, 6.45) is 7.31. The maximum absolute atomic E-state index is 9.25. The molecular weight excluding hydrogens is 280 g/mol. The van der Waals surface area contributed by atoms with Gasteiger partial charge in [-0.25, -0.2) is 9.59 Å². The first-order valence-corrected chi connectivity index (χ1v) is 6.83. The molecule has 0 amide bonds. The lowest BCUT2D eigenvalue weighted by atomic mass is 10.0. The summed E-state index contributed by atoms with van der Waals surface area (Å²) in [5, 5.41) is 15.2. The zero-order chi connectivity index (χ0) is 17.4. The largest absolute Gasteiger partial charge is 0.478 e. The number of hydrogen-bond acceptors (Lipinski definition) is 2. The van der Waals surface area contributed by atoms with Crippen molar-refractivity contribution >= 4 is 18.0 Å². The standard InChI is InChI=1S/C12H16.2C3H4O2/c1-3-5-8-12-10-7-6-9-11(12)4-2;2*1-2-3(4)5/h4,6-7,9-10H,2-3,5,8H2,1H3;2*2H,1H2,(H,4,5). The molecular formula is C18H24O4. The van der Waals surface area contributed by atoms with Gasteiger partial charge in [0.1, 0.15) is 0 Å². The van der Waals surface area contributed by atoms with Crippen LogP contribution in [-0.4, -0.2) is 22.2 Å². The van der Waals surface area contributed by atoms with Gasteiger partial charge in [-0.2, -0.15) is 0 Å². The monoisotopic (exact) mass is 304 g/mol. The molecule has 4 heteroatoms. The molecule has 1 aromatic carbocycles. The highest BCUT2D eigenvalue weighted by molar-refractivity contribution is 5.79.